The number of halogens is 1. The molecule has 3 heteroatoms. The quantitative estimate of drug-likeness (QED) is 0.848. The molecule has 1 aromatic carbocycles. The standard InChI is InChI=1S/C12H11BrO2/c1-12(4-5-12)10-6-7-8(13)2-3-9(14)11(7)15-10/h2-3,6,14H,4-5H2,1H3. The van der Waals surface area contributed by atoms with E-state index in [1.54, 1.807) is 6.07 Å². The Morgan fingerprint density at radius 1 is 1.40 bits per heavy atom. The number of hydrogen-bond acceptors (Lipinski definition) is 2. The topological polar surface area (TPSA) is 33.4 Å². The molecule has 0 spiro atoms. The minimum atomic E-state index is 0.199. The van der Waals surface area contributed by atoms with Crippen LogP contribution in [0.1, 0.15) is 25.5 Å². The van der Waals surface area contributed by atoms with Crippen LogP contribution in [-0.2, 0) is 5.41 Å². The van der Waals surface area contributed by atoms with Gasteiger partial charge in [0, 0.05) is 15.3 Å². The van der Waals surface area contributed by atoms with Crippen molar-refractivity contribution in [3.8, 4) is 5.75 Å². The van der Waals surface area contributed by atoms with E-state index in [2.05, 4.69) is 22.9 Å². The van der Waals surface area contributed by atoms with E-state index in [0.717, 1.165) is 15.6 Å². The second kappa shape index (κ2) is 2.79. The molecule has 0 saturated heterocycles. The highest BCUT2D eigenvalue weighted by Crippen LogP contribution is 2.50. The Morgan fingerprint density at radius 3 is 2.73 bits per heavy atom. The van der Waals surface area contributed by atoms with Gasteiger partial charge in [-0.05, 0) is 31.0 Å². The number of phenols is 1. The fourth-order valence-corrected chi connectivity index (χ4v) is 2.23. The maximum Gasteiger partial charge on any atom is 0.177 e. The molecule has 1 N–H and O–H groups in total. The van der Waals surface area contributed by atoms with Gasteiger partial charge in [-0.25, -0.2) is 0 Å². The molecule has 0 unspecified atom stereocenters. The summed E-state index contributed by atoms with van der Waals surface area (Å²) in [6.07, 6.45) is 2.34. The normalized spacial score (nSPS) is 18.3. The second-order valence-electron chi connectivity index (χ2n) is 4.48. The Balaban J connectivity index is 2.29. The minimum Gasteiger partial charge on any atom is -0.504 e. The Hall–Kier alpha value is -0.960. The first kappa shape index (κ1) is 9.28. The van der Waals surface area contributed by atoms with E-state index in [9.17, 15) is 5.11 Å². The number of phenolic OH excluding ortho intramolecular Hbond substituents is 1. The highest BCUT2D eigenvalue weighted by molar-refractivity contribution is 9.10. The van der Waals surface area contributed by atoms with Gasteiger partial charge in [-0.3, -0.25) is 0 Å². The molecule has 1 aliphatic rings. The number of rotatable bonds is 1. The third kappa shape index (κ3) is 1.29. The van der Waals surface area contributed by atoms with Crippen LogP contribution in [0, 0.1) is 0 Å². The molecule has 1 saturated carbocycles. The number of furan rings is 1. The van der Waals surface area contributed by atoms with Crippen molar-refractivity contribution in [1.82, 2.24) is 0 Å². The highest BCUT2D eigenvalue weighted by Gasteiger charge is 2.42. The van der Waals surface area contributed by atoms with Crippen LogP contribution in [0.4, 0.5) is 0 Å². The molecular formula is C12H11BrO2. The van der Waals surface area contributed by atoms with Crippen LogP contribution in [-0.4, -0.2) is 5.11 Å². The zero-order valence-electron chi connectivity index (χ0n) is 8.38. The van der Waals surface area contributed by atoms with Gasteiger partial charge in [-0.2, -0.15) is 0 Å². The molecule has 1 fully saturated rings. The Kier molecular flexibility index (Phi) is 1.72. The van der Waals surface area contributed by atoms with Crippen LogP contribution < -0.4 is 0 Å². The van der Waals surface area contributed by atoms with E-state index in [0.29, 0.717) is 5.58 Å². The number of hydrogen-bond donors (Lipinski definition) is 1. The lowest BCUT2D eigenvalue weighted by molar-refractivity contribution is 0.447. The van der Waals surface area contributed by atoms with Crippen molar-refractivity contribution in [3.05, 3.63) is 28.4 Å². The van der Waals surface area contributed by atoms with Gasteiger partial charge in [-0.15, -0.1) is 0 Å². The van der Waals surface area contributed by atoms with E-state index in [-0.39, 0.29) is 11.2 Å². The second-order valence-corrected chi connectivity index (χ2v) is 5.33. The predicted octanol–water partition coefficient (Wildman–Crippen LogP) is 3.95. The van der Waals surface area contributed by atoms with Crippen molar-refractivity contribution < 1.29 is 9.52 Å². The lowest BCUT2D eigenvalue weighted by Crippen LogP contribution is -1.95. The van der Waals surface area contributed by atoms with Gasteiger partial charge in [-0.1, -0.05) is 22.9 Å². The third-order valence-electron chi connectivity index (χ3n) is 3.20. The first-order valence-electron chi connectivity index (χ1n) is 5.02. The van der Waals surface area contributed by atoms with E-state index in [1.165, 1.54) is 12.8 Å². The molecule has 3 rings (SSSR count). The molecule has 78 valence electrons. The zero-order chi connectivity index (χ0) is 10.6. The summed E-state index contributed by atoms with van der Waals surface area (Å²) in [5, 5.41) is 10.6. The maximum absolute atomic E-state index is 9.68. The van der Waals surface area contributed by atoms with Crippen LogP contribution in [0.2, 0.25) is 0 Å². The molecule has 0 atom stereocenters. The van der Waals surface area contributed by atoms with Gasteiger partial charge < -0.3 is 9.52 Å². The first-order valence-corrected chi connectivity index (χ1v) is 5.81. The van der Waals surface area contributed by atoms with Crippen molar-refractivity contribution in [3.63, 3.8) is 0 Å². The minimum absolute atomic E-state index is 0.199. The average molecular weight is 267 g/mol. The molecule has 1 heterocycles. The first-order chi connectivity index (χ1) is 7.10. The summed E-state index contributed by atoms with van der Waals surface area (Å²) in [5.41, 5.74) is 0.790. The zero-order valence-corrected chi connectivity index (χ0v) is 9.97. The highest BCUT2D eigenvalue weighted by atomic mass is 79.9. The van der Waals surface area contributed by atoms with Gasteiger partial charge >= 0.3 is 0 Å². The molecule has 2 aromatic rings. The van der Waals surface area contributed by atoms with Crippen molar-refractivity contribution in [2.24, 2.45) is 0 Å². The summed E-state index contributed by atoms with van der Waals surface area (Å²) in [7, 11) is 0. The summed E-state index contributed by atoms with van der Waals surface area (Å²) in [6.45, 7) is 2.19. The Labute approximate surface area is 96.0 Å². The molecule has 1 aromatic heterocycles. The summed E-state index contributed by atoms with van der Waals surface area (Å²) in [6, 6.07) is 5.52. The van der Waals surface area contributed by atoms with Gasteiger partial charge in [0.2, 0.25) is 0 Å². The fourth-order valence-electron chi connectivity index (χ4n) is 1.81. The van der Waals surface area contributed by atoms with Gasteiger partial charge in [0.05, 0.1) is 0 Å². The van der Waals surface area contributed by atoms with Crippen molar-refractivity contribution >= 4 is 26.9 Å². The van der Waals surface area contributed by atoms with Crippen LogP contribution in [0.25, 0.3) is 11.0 Å². The summed E-state index contributed by atoms with van der Waals surface area (Å²) < 4.78 is 6.69. The van der Waals surface area contributed by atoms with Gasteiger partial charge in [0.15, 0.2) is 11.3 Å². The van der Waals surface area contributed by atoms with Gasteiger partial charge in [0.25, 0.3) is 0 Å². The van der Waals surface area contributed by atoms with E-state index in [4.69, 9.17) is 4.42 Å². The SMILES string of the molecule is CC1(c2cc3c(Br)ccc(O)c3o2)CC1. The predicted molar refractivity (Wildman–Crippen MR) is 62.2 cm³/mol. The van der Waals surface area contributed by atoms with Crippen LogP contribution in [0.3, 0.4) is 0 Å². The Bertz CT molecular complexity index is 499. The fraction of sp³-hybridized carbons (Fsp3) is 0.333. The van der Waals surface area contributed by atoms with Gasteiger partial charge in [0.1, 0.15) is 5.76 Å². The largest absolute Gasteiger partial charge is 0.504 e. The lowest BCUT2D eigenvalue weighted by Gasteiger charge is -2.00. The number of aromatic hydroxyl groups is 1. The van der Waals surface area contributed by atoms with E-state index in [1.807, 2.05) is 12.1 Å². The Morgan fingerprint density at radius 2 is 2.13 bits per heavy atom. The molecule has 0 bridgehead atoms. The third-order valence-corrected chi connectivity index (χ3v) is 3.90. The molecule has 2 nitrogen and oxygen atoms in total. The molecule has 0 amide bonds. The summed E-state index contributed by atoms with van der Waals surface area (Å²) >= 11 is 3.46. The van der Waals surface area contributed by atoms with Crippen LogP contribution >= 0.6 is 15.9 Å². The number of benzene rings is 1. The number of fused-ring (bicyclic) bond motifs is 1. The maximum atomic E-state index is 9.68. The summed E-state index contributed by atoms with van der Waals surface area (Å²) in [5.74, 6) is 1.20. The molecule has 0 radical (unpaired) electrons. The molecule has 15 heavy (non-hydrogen) atoms. The van der Waals surface area contributed by atoms with E-state index >= 15 is 0 Å². The van der Waals surface area contributed by atoms with Crippen molar-refractivity contribution in [2.45, 2.75) is 25.2 Å². The van der Waals surface area contributed by atoms with Crippen molar-refractivity contribution in [2.75, 3.05) is 0 Å². The molecule has 0 aliphatic heterocycles. The van der Waals surface area contributed by atoms with Crippen LogP contribution in [0.15, 0.2) is 27.1 Å². The average Bonchev–Trinajstić information content (AvgIpc) is 2.81. The van der Waals surface area contributed by atoms with Crippen LogP contribution in [0.5, 0.6) is 5.75 Å². The van der Waals surface area contributed by atoms with E-state index < -0.39 is 0 Å². The van der Waals surface area contributed by atoms with Crippen molar-refractivity contribution in [1.29, 1.82) is 0 Å². The lowest BCUT2D eigenvalue weighted by atomic mass is 10.1. The molecular weight excluding hydrogens is 256 g/mol. The monoisotopic (exact) mass is 266 g/mol. The smallest absolute Gasteiger partial charge is 0.177 e. The molecule has 1 aliphatic carbocycles. The summed E-state index contributed by atoms with van der Waals surface area (Å²) in [4.78, 5) is 0.